The van der Waals surface area contributed by atoms with Crippen LogP contribution in [0.5, 0.6) is 11.5 Å². The van der Waals surface area contributed by atoms with Crippen molar-refractivity contribution < 1.29 is 27.5 Å². The zero-order chi connectivity index (χ0) is 21.6. The minimum atomic E-state index is -3.36. The number of sulfonamides is 1. The zero-order valence-electron chi connectivity index (χ0n) is 16.6. The molecule has 9 heteroatoms. The molecule has 3 rings (SSSR count). The van der Waals surface area contributed by atoms with E-state index in [2.05, 4.69) is 10.0 Å². The summed E-state index contributed by atoms with van der Waals surface area (Å²) in [6, 6.07) is 11.3. The van der Waals surface area contributed by atoms with E-state index in [1.165, 1.54) is 0 Å². The Bertz CT molecular complexity index is 1020. The number of hydrogen-bond donors (Lipinski definition) is 2. The Hall–Kier alpha value is -3.07. The quantitative estimate of drug-likeness (QED) is 0.589. The highest BCUT2D eigenvalue weighted by Crippen LogP contribution is 2.31. The molecule has 30 heavy (non-hydrogen) atoms. The van der Waals surface area contributed by atoms with E-state index in [-0.39, 0.29) is 30.3 Å². The van der Waals surface area contributed by atoms with E-state index in [1.54, 1.807) is 49.4 Å². The van der Waals surface area contributed by atoms with Gasteiger partial charge < -0.3 is 14.8 Å². The van der Waals surface area contributed by atoms with Gasteiger partial charge in [0.1, 0.15) is 13.2 Å². The minimum Gasteiger partial charge on any atom is -0.486 e. The van der Waals surface area contributed by atoms with Gasteiger partial charge >= 0.3 is 0 Å². The molecule has 0 unspecified atom stereocenters. The highest BCUT2D eigenvalue weighted by atomic mass is 32.2. The number of nitrogens with one attached hydrogen (secondary N) is 2. The van der Waals surface area contributed by atoms with Gasteiger partial charge in [0.15, 0.2) is 17.3 Å². The third-order valence-corrected chi connectivity index (χ3v) is 5.85. The largest absolute Gasteiger partial charge is 0.486 e. The lowest BCUT2D eigenvalue weighted by Gasteiger charge is -2.18. The second-order valence-corrected chi connectivity index (χ2v) is 8.67. The molecular weight excluding hydrogens is 408 g/mol. The Kier molecular flexibility index (Phi) is 6.94. The number of hydrogen-bond acceptors (Lipinski definition) is 6. The molecule has 0 bridgehead atoms. The number of ketones is 1. The van der Waals surface area contributed by atoms with Crippen molar-refractivity contribution >= 4 is 33.1 Å². The molecule has 0 aromatic heterocycles. The lowest BCUT2D eigenvalue weighted by atomic mass is 10.1. The molecule has 0 fully saturated rings. The van der Waals surface area contributed by atoms with Gasteiger partial charge in [0, 0.05) is 29.8 Å². The predicted octanol–water partition coefficient (Wildman–Crippen LogP) is 3.21. The molecular formula is C21H24N2O6S. The first-order chi connectivity index (χ1) is 14.4. The van der Waals surface area contributed by atoms with Crippen molar-refractivity contribution in [3.63, 3.8) is 0 Å². The summed E-state index contributed by atoms with van der Waals surface area (Å²) < 4.78 is 36.9. The molecule has 1 amide bonds. The number of amides is 1. The van der Waals surface area contributed by atoms with Crippen LogP contribution in [-0.4, -0.2) is 39.1 Å². The molecule has 1 aliphatic rings. The molecule has 0 spiro atoms. The Labute approximate surface area is 175 Å². The van der Waals surface area contributed by atoms with Gasteiger partial charge in [-0.3, -0.25) is 14.3 Å². The van der Waals surface area contributed by atoms with Gasteiger partial charge in [0.25, 0.3) is 0 Å². The highest BCUT2D eigenvalue weighted by Gasteiger charge is 2.16. The van der Waals surface area contributed by atoms with Gasteiger partial charge in [-0.25, -0.2) is 8.42 Å². The number of ether oxygens (including phenoxy) is 2. The first-order valence-electron chi connectivity index (χ1n) is 9.69. The smallest absolute Gasteiger partial charge is 0.232 e. The highest BCUT2D eigenvalue weighted by molar-refractivity contribution is 7.92. The number of anilines is 2. The molecule has 2 aromatic carbocycles. The minimum absolute atomic E-state index is 0.0259. The Morgan fingerprint density at radius 2 is 1.60 bits per heavy atom. The summed E-state index contributed by atoms with van der Waals surface area (Å²) in [5.74, 6) is 0.716. The van der Waals surface area contributed by atoms with Crippen molar-refractivity contribution in [1.29, 1.82) is 0 Å². The molecule has 0 radical (unpaired) electrons. The van der Waals surface area contributed by atoms with Crippen molar-refractivity contribution in [2.24, 2.45) is 0 Å². The van der Waals surface area contributed by atoms with Crippen molar-refractivity contribution in [3.05, 3.63) is 48.0 Å². The van der Waals surface area contributed by atoms with Crippen LogP contribution in [0.1, 0.15) is 36.5 Å². The number of fused-ring (bicyclic) bond motifs is 1. The van der Waals surface area contributed by atoms with Crippen molar-refractivity contribution in [1.82, 2.24) is 0 Å². The zero-order valence-corrected chi connectivity index (χ0v) is 17.5. The molecule has 0 saturated carbocycles. The van der Waals surface area contributed by atoms with Crippen molar-refractivity contribution in [3.8, 4) is 11.5 Å². The number of benzene rings is 2. The standard InChI is InChI=1S/C21H24N2O6S/c1-2-13-30(26,27)23-17-6-4-16(5-7-17)22-21(25)10-8-18(24)15-3-9-19-20(14-15)29-12-11-28-19/h3-7,9,14,23H,2,8,10-13H2,1H3,(H,22,25). The molecule has 8 nitrogen and oxygen atoms in total. The summed E-state index contributed by atoms with van der Waals surface area (Å²) in [5, 5.41) is 2.70. The van der Waals surface area contributed by atoms with Gasteiger partial charge in [-0.15, -0.1) is 0 Å². The SMILES string of the molecule is CCCS(=O)(=O)Nc1ccc(NC(=O)CCC(=O)c2ccc3c(c2)OCCO3)cc1. The van der Waals surface area contributed by atoms with E-state index in [9.17, 15) is 18.0 Å². The molecule has 1 heterocycles. The number of rotatable bonds is 9. The molecule has 0 saturated heterocycles. The van der Waals surface area contributed by atoms with Crippen molar-refractivity contribution in [2.75, 3.05) is 29.0 Å². The lowest BCUT2D eigenvalue weighted by molar-refractivity contribution is -0.116. The van der Waals surface area contributed by atoms with Gasteiger partial charge in [-0.2, -0.15) is 0 Å². The van der Waals surface area contributed by atoms with Gasteiger partial charge in [0.2, 0.25) is 15.9 Å². The summed E-state index contributed by atoms with van der Waals surface area (Å²) in [7, 11) is -3.36. The summed E-state index contributed by atoms with van der Waals surface area (Å²) in [6.45, 7) is 2.70. The van der Waals surface area contributed by atoms with Gasteiger partial charge in [-0.05, 0) is 48.9 Å². The first-order valence-corrected chi connectivity index (χ1v) is 11.3. The predicted molar refractivity (Wildman–Crippen MR) is 114 cm³/mol. The topological polar surface area (TPSA) is 111 Å². The maximum Gasteiger partial charge on any atom is 0.232 e. The molecule has 1 aliphatic heterocycles. The van der Waals surface area contributed by atoms with Crippen LogP contribution in [0.3, 0.4) is 0 Å². The summed E-state index contributed by atoms with van der Waals surface area (Å²) >= 11 is 0. The average Bonchev–Trinajstić information content (AvgIpc) is 2.73. The molecule has 0 atom stereocenters. The fraction of sp³-hybridized carbons (Fsp3) is 0.333. The monoisotopic (exact) mass is 432 g/mol. The Morgan fingerprint density at radius 1 is 0.933 bits per heavy atom. The van der Waals surface area contributed by atoms with Crippen molar-refractivity contribution in [2.45, 2.75) is 26.2 Å². The van der Waals surface area contributed by atoms with E-state index >= 15 is 0 Å². The Morgan fingerprint density at radius 3 is 2.30 bits per heavy atom. The van der Waals surface area contributed by atoms with E-state index < -0.39 is 10.0 Å². The van der Waals surface area contributed by atoms with Crippen LogP contribution in [0.2, 0.25) is 0 Å². The Balaban J connectivity index is 1.50. The third-order valence-electron chi connectivity index (χ3n) is 4.36. The maximum absolute atomic E-state index is 12.4. The second kappa shape index (κ2) is 9.62. The van der Waals surface area contributed by atoms with E-state index in [0.29, 0.717) is 48.1 Å². The summed E-state index contributed by atoms with van der Waals surface area (Å²) in [5.41, 5.74) is 1.41. The van der Waals surface area contributed by atoms with E-state index in [0.717, 1.165) is 0 Å². The van der Waals surface area contributed by atoms with Crippen LogP contribution >= 0.6 is 0 Å². The fourth-order valence-corrected chi connectivity index (χ4v) is 4.07. The summed E-state index contributed by atoms with van der Waals surface area (Å²) in [4.78, 5) is 24.5. The number of carbonyl (C=O) groups excluding carboxylic acids is 2. The number of carbonyl (C=O) groups is 2. The van der Waals surface area contributed by atoms with Gasteiger partial charge in [-0.1, -0.05) is 6.92 Å². The van der Waals surface area contributed by atoms with Crippen LogP contribution in [0.15, 0.2) is 42.5 Å². The number of Topliss-reactive ketones (excluding diaryl/α,β-unsaturated/α-hetero) is 1. The molecule has 2 N–H and O–H groups in total. The van der Waals surface area contributed by atoms with Crippen LogP contribution in [0.25, 0.3) is 0 Å². The van der Waals surface area contributed by atoms with Gasteiger partial charge in [0.05, 0.1) is 5.75 Å². The fourth-order valence-electron chi connectivity index (χ4n) is 2.93. The average molecular weight is 432 g/mol. The third kappa shape index (κ3) is 5.96. The van der Waals surface area contributed by atoms with Crippen LogP contribution in [-0.2, 0) is 14.8 Å². The van der Waals surface area contributed by atoms with E-state index in [4.69, 9.17) is 9.47 Å². The molecule has 2 aromatic rings. The van der Waals surface area contributed by atoms with Crippen LogP contribution in [0, 0.1) is 0 Å². The lowest BCUT2D eigenvalue weighted by Crippen LogP contribution is -2.17. The van der Waals surface area contributed by atoms with E-state index in [1.807, 2.05) is 0 Å². The maximum atomic E-state index is 12.4. The van der Waals surface area contributed by atoms with Crippen LogP contribution in [0.4, 0.5) is 11.4 Å². The summed E-state index contributed by atoms with van der Waals surface area (Å²) in [6.07, 6.45) is 0.604. The van der Waals surface area contributed by atoms with Crippen LogP contribution < -0.4 is 19.5 Å². The molecule has 0 aliphatic carbocycles. The first kappa shape index (κ1) is 21.6. The molecule has 160 valence electrons. The second-order valence-electron chi connectivity index (χ2n) is 6.83. The normalized spacial score (nSPS) is 12.8.